The first-order valence-electron chi connectivity index (χ1n) is 4.73. The van der Waals surface area contributed by atoms with Crippen LogP contribution in [-0.4, -0.2) is 22.5 Å². The van der Waals surface area contributed by atoms with Crippen molar-refractivity contribution in [3.8, 4) is 0 Å². The highest BCUT2D eigenvalue weighted by atomic mass is 32.1. The van der Waals surface area contributed by atoms with E-state index < -0.39 is 12.1 Å². The van der Waals surface area contributed by atoms with Gasteiger partial charge in [0.2, 0.25) is 0 Å². The molecule has 0 spiro atoms. The van der Waals surface area contributed by atoms with E-state index in [-0.39, 0.29) is 5.56 Å². The Bertz CT molecular complexity index is 403. The van der Waals surface area contributed by atoms with Crippen LogP contribution in [0.1, 0.15) is 23.7 Å². The molecule has 1 aromatic carbocycles. The number of hydrogen-bond donors (Lipinski definition) is 3. The molecule has 1 aromatic rings. The van der Waals surface area contributed by atoms with Gasteiger partial charge in [-0.3, -0.25) is 0 Å². The summed E-state index contributed by atoms with van der Waals surface area (Å²) in [6.07, 6.45) is 0.0413. The molecule has 1 unspecified atom stereocenters. The third-order valence-electron chi connectivity index (χ3n) is 2.21. The Balaban J connectivity index is 3.03. The van der Waals surface area contributed by atoms with E-state index in [0.717, 1.165) is 11.8 Å². The quantitative estimate of drug-likeness (QED) is 0.534. The Morgan fingerprint density at radius 1 is 1.50 bits per heavy atom. The van der Waals surface area contributed by atoms with Gasteiger partial charge in [-0.05, 0) is 12.0 Å². The number of benzene rings is 1. The SMILES string of the molecule is O=CCCc1cccc(C(O)C(=O)O)c1S. The summed E-state index contributed by atoms with van der Waals surface area (Å²) >= 11 is 4.18. The molecule has 16 heavy (non-hydrogen) atoms. The summed E-state index contributed by atoms with van der Waals surface area (Å²) in [6, 6.07) is 4.90. The van der Waals surface area contributed by atoms with Crippen LogP contribution in [0.2, 0.25) is 0 Å². The first-order chi connectivity index (χ1) is 7.57. The van der Waals surface area contributed by atoms with Crippen molar-refractivity contribution in [2.75, 3.05) is 0 Å². The monoisotopic (exact) mass is 240 g/mol. The number of aliphatic carboxylic acids is 1. The number of thiol groups is 1. The van der Waals surface area contributed by atoms with Gasteiger partial charge in [0.25, 0.3) is 0 Å². The molecular weight excluding hydrogens is 228 g/mol. The fraction of sp³-hybridized carbons (Fsp3) is 0.273. The molecule has 0 aliphatic carbocycles. The van der Waals surface area contributed by atoms with E-state index in [2.05, 4.69) is 12.6 Å². The third kappa shape index (κ3) is 2.84. The fourth-order valence-electron chi connectivity index (χ4n) is 1.38. The zero-order valence-corrected chi connectivity index (χ0v) is 9.35. The molecule has 0 saturated heterocycles. The summed E-state index contributed by atoms with van der Waals surface area (Å²) < 4.78 is 0. The van der Waals surface area contributed by atoms with Crippen LogP contribution in [0.25, 0.3) is 0 Å². The van der Waals surface area contributed by atoms with E-state index in [9.17, 15) is 14.7 Å². The molecule has 1 rings (SSSR count). The zero-order chi connectivity index (χ0) is 12.1. The fourth-order valence-corrected chi connectivity index (χ4v) is 1.76. The van der Waals surface area contributed by atoms with E-state index >= 15 is 0 Å². The summed E-state index contributed by atoms with van der Waals surface area (Å²) in [5.74, 6) is -1.32. The Hall–Kier alpha value is -1.33. The van der Waals surface area contributed by atoms with Gasteiger partial charge in [0.15, 0.2) is 6.10 Å². The van der Waals surface area contributed by atoms with Crippen LogP contribution in [0.4, 0.5) is 0 Å². The largest absolute Gasteiger partial charge is 0.479 e. The van der Waals surface area contributed by atoms with Crippen LogP contribution in [0.3, 0.4) is 0 Å². The number of carbonyl (C=O) groups is 2. The average molecular weight is 240 g/mol. The molecule has 2 N–H and O–H groups in total. The highest BCUT2D eigenvalue weighted by Crippen LogP contribution is 2.25. The molecular formula is C11H12O4S. The minimum absolute atomic E-state index is 0.249. The topological polar surface area (TPSA) is 74.6 Å². The number of aliphatic hydroxyl groups excluding tert-OH is 1. The molecule has 0 fully saturated rings. The summed E-state index contributed by atoms with van der Waals surface area (Å²) in [5, 5.41) is 18.1. The molecule has 0 saturated carbocycles. The maximum atomic E-state index is 10.6. The Morgan fingerprint density at radius 3 is 2.75 bits per heavy atom. The van der Waals surface area contributed by atoms with Crippen LogP contribution in [0.15, 0.2) is 23.1 Å². The van der Waals surface area contributed by atoms with Crippen molar-refractivity contribution in [3.05, 3.63) is 29.3 Å². The first kappa shape index (κ1) is 12.7. The van der Waals surface area contributed by atoms with Crippen molar-refractivity contribution in [3.63, 3.8) is 0 Å². The van der Waals surface area contributed by atoms with Crippen LogP contribution in [-0.2, 0) is 16.0 Å². The van der Waals surface area contributed by atoms with Gasteiger partial charge < -0.3 is 15.0 Å². The second-order valence-electron chi connectivity index (χ2n) is 3.30. The van der Waals surface area contributed by atoms with E-state index in [1.54, 1.807) is 12.1 Å². The molecule has 5 heteroatoms. The van der Waals surface area contributed by atoms with Gasteiger partial charge in [-0.1, -0.05) is 18.2 Å². The van der Waals surface area contributed by atoms with Gasteiger partial charge in [-0.15, -0.1) is 12.6 Å². The third-order valence-corrected chi connectivity index (χ3v) is 2.76. The second kappa shape index (κ2) is 5.67. The highest BCUT2D eigenvalue weighted by Gasteiger charge is 2.19. The van der Waals surface area contributed by atoms with Gasteiger partial charge in [-0.2, -0.15) is 0 Å². The number of carboxylic acids is 1. The van der Waals surface area contributed by atoms with Crippen LogP contribution in [0.5, 0.6) is 0 Å². The standard InChI is InChI=1S/C11H12O4S/c12-6-2-4-7-3-1-5-8(10(7)16)9(13)11(14)15/h1,3,5-6,9,13,16H,2,4H2,(H,14,15). The summed E-state index contributed by atoms with van der Waals surface area (Å²) in [4.78, 5) is 21.3. The number of aryl methyl sites for hydroxylation is 1. The number of rotatable bonds is 5. The van der Waals surface area contributed by atoms with E-state index in [0.29, 0.717) is 17.7 Å². The number of aldehydes is 1. The molecule has 0 aromatic heterocycles. The number of carbonyl (C=O) groups excluding carboxylic acids is 1. The van der Waals surface area contributed by atoms with Gasteiger partial charge >= 0.3 is 5.97 Å². The maximum Gasteiger partial charge on any atom is 0.337 e. The summed E-state index contributed by atoms with van der Waals surface area (Å²) in [6.45, 7) is 0. The highest BCUT2D eigenvalue weighted by molar-refractivity contribution is 7.80. The zero-order valence-electron chi connectivity index (χ0n) is 8.46. The number of hydrogen-bond acceptors (Lipinski definition) is 4. The maximum absolute atomic E-state index is 10.6. The van der Waals surface area contributed by atoms with Crippen LogP contribution >= 0.6 is 12.6 Å². The van der Waals surface area contributed by atoms with Crippen molar-refractivity contribution in [2.45, 2.75) is 23.8 Å². The molecule has 0 aliphatic heterocycles. The van der Waals surface area contributed by atoms with E-state index in [1.165, 1.54) is 6.07 Å². The smallest absolute Gasteiger partial charge is 0.337 e. The van der Waals surface area contributed by atoms with E-state index in [1.807, 2.05) is 0 Å². The Morgan fingerprint density at radius 2 is 2.19 bits per heavy atom. The van der Waals surface area contributed by atoms with Gasteiger partial charge in [-0.25, -0.2) is 4.79 Å². The lowest BCUT2D eigenvalue weighted by Crippen LogP contribution is -2.11. The Labute approximate surface area is 98.3 Å². The Kier molecular flexibility index (Phi) is 4.52. The molecule has 0 heterocycles. The van der Waals surface area contributed by atoms with E-state index in [4.69, 9.17) is 5.11 Å². The molecule has 0 bridgehead atoms. The molecule has 1 atom stereocenters. The van der Waals surface area contributed by atoms with Crippen molar-refractivity contribution >= 4 is 24.9 Å². The van der Waals surface area contributed by atoms with Crippen LogP contribution in [0, 0.1) is 0 Å². The van der Waals surface area contributed by atoms with Crippen LogP contribution < -0.4 is 0 Å². The van der Waals surface area contributed by atoms with Gasteiger partial charge in [0.1, 0.15) is 6.29 Å². The lowest BCUT2D eigenvalue weighted by Gasteiger charge is -2.12. The predicted molar refractivity (Wildman–Crippen MR) is 60.7 cm³/mol. The van der Waals surface area contributed by atoms with Crippen molar-refractivity contribution in [1.29, 1.82) is 0 Å². The molecule has 0 amide bonds. The lowest BCUT2D eigenvalue weighted by atomic mass is 10.0. The molecule has 4 nitrogen and oxygen atoms in total. The summed E-state index contributed by atoms with van der Waals surface area (Å²) in [7, 11) is 0. The summed E-state index contributed by atoms with van der Waals surface area (Å²) in [5.41, 5.74) is 1.01. The molecule has 86 valence electrons. The van der Waals surface area contributed by atoms with Crippen molar-refractivity contribution < 1.29 is 19.8 Å². The average Bonchev–Trinajstić information content (AvgIpc) is 2.26. The van der Waals surface area contributed by atoms with Crippen molar-refractivity contribution in [1.82, 2.24) is 0 Å². The minimum Gasteiger partial charge on any atom is -0.479 e. The second-order valence-corrected chi connectivity index (χ2v) is 3.75. The minimum atomic E-state index is -1.58. The molecule has 0 aliphatic rings. The predicted octanol–water partition coefficient (Wildman–Crippen LogP) is 1.22. The van der Waals surface area contributed by atoms with Gasteiger partial charge in [0, 0.05) is 16.9 Å². The normalized spacial score (nSPS) is 12.1. The first-order valence-corrected chi connectivity index (χ1v) is 5.18. The lowest BCUT2D eigenvalue weighted by molar-refractivity contribution is -0.147. The number of carboxylic acid groups (broad SMARTS) is 1. The van der Waals surface area contributed by atoms with Crippen molar-refractivity contribution in [2.24, 2.45) is 0 Å². The van der Waals surface area contributed by atoms with Gasteiger partial charge in [0.05, 0.1) is 0 Å². The molecule has 0 radical (unpaired) electrons. The number of aliphatic hydroxyl groups is 1.